The van der Waals surface area contributed by atoms with Gasteiger partial charge in [0.2, 0.25) is 10.0 Å². The molecule has 0 aliphatic carbocycles. The zero-order chi connectivity index (χ0) is 13.4. The van der Waals surface area contributed by atoms with Crippen LogP contribution in [0.4, 0.5) is 5.82 Å². The first kappa shape index (κ1) is 13.3. The number of nitrogens with two attached hydrogens (primary N) is 1. The number of ether oxygens (including phenoxy) is 1. The summed E-state index contributed by atoms with van der Waals surface area (Å²) in [6.45, 7) is 2.87. The fourth-order valence-corrected chi connectivity index (χ4v) is 3.61. The summed E-state index contributed by atoms with van der Waals surface area (Å²) in [7, 11) is -2.04. The van der Waals surface area contributed by atoms with Gasteiger partial charge in [0.05, 0.1) is 12.1 Å². The van der Waals surface area contributed by atoms with Crippen LogP contribution < -0.4 is 10.5 Å². The smallest absolute Gasteiger partial charge is 0.246 e. The van der Waals surface area contributed by atoms with Crippen molar-refractivity contribution in [2.24, 2.45) is 7.05 Å². The predicted molar refractivity (Wildman–Crippen MR) is 66.4 cm³/mol. The Balaban J connectivity index is 2.24. The minimum absolute atomic E-state index is 0.00493. The second-order valence-electron chi connectivity index (χ2n) is 4.87. The molecule has 1 unspecified atom stereocenters. The van der Waals surface area contributed by atoms with Gasteiger partial charge in [0.1, 0.15) is 4.90 Å². The van der Waals surface area contributed by atoms with Crippen LogP contribution in [0.3, 0.4) is 0 Å². The molecule has 0 amide bonds. The number of aromatic nitrogens is 2. The average Bonchev–Trinajstić information content (AvgIpc) is 2.58. The second kappa shape index (κ2) is 4.52. The van der Waals surface area contributed by atoms with E-state index in [0.717, 1.165) is 12.8 Å². The summed E-state index contributed by atoms with van der Waals surface area (Å²) in [5, 5.41) is 3.84. The van der Waals surface area contributed by atoms with Crippen LogP contribution in [0.2, 0.25) is 0 Å². The summed E-state index contributed by atoms with van der Waals surface area (Å²) in [4.78, 5) is 0.0109. The molecule has 1 aliphatic rings. The van der Waals surface area contributed by atoms with Crippen molar-refractivity contribution in [1.29, 1.82) is 0 Å². The molecule has 0 bridgehead atoms. The molecule has 1 aromatic heterocycles. The first-order valence-corrected chi connectivity index (χ1v) is 7.22. The first-order valence-electron chi connectivity index (χ1n) is 5.73. The van der Waals surface area contributed by atoms with Gasteiger partial charge in [-0.2, -0.15) is 5.10 Å². The topological polar surface area (TPSA) is 99.2 Å². The summed E-state index contributed by atoms with van der Waals surface area (Å²) in [6, 6.07) is 0. The van der Waals surface area contributed by atoms with Crippen LogP contribution in [0.1, 0.15) is 19.8 Å². The quantitative estimate of drug-likeness (QED) is 0.798. The van der Waals surface area contributed by atoms with Gasteiger partial charge in [0.15, 0.2) is 5.82 Å². The van der Waals surface area contributed by atoms with E-state index in [1.807, 2.05) is 6.92 Å². The molecule has 0 spiro atoms. The lowest BCUT2D eigenvalue weighted by molar-refractivity contribution is 0.0386. The molecule has 1 atom stereocenters. The number of nitrogens with one attached hydrogen (secondary N) is 1. The van der Waals surface area contributed by atoms with Crippen molar-refractivity contribution >= 4 is 15.8 Å². The van der Waals surface area contributed by atoms with Crippen molar-refractivity contribution in [3.8, 4) is 0 Å². The monoisotopic (exact) mass is 274 g/mol. The highest BCUT2D eigenvalue weighted by atomic mass is 32.2. The van der Waals surface area contributed by atoms with E-state index in [9.17, 15) is 8.42 Å². The maximum atomic E-state index is 12.2. The van der Waals surface area contributed by atoms with E-state index in [2.05, 4.69) is 9.82 Å². The molecular weight excluding hydrogens is 256 g/mol. The Morgan fingerprint density at radius 1 is 1.61 bits per heavy atom. The largest absolute Gasteiger partial charge is 0.381 e. The molecule has 0 aromatic carbocycles. The average molecular weight is 274 g/mol. The lowest BCUT2D eigenvalue weighted by Gasteiger charge is -2.33. The number of aryl methyl sites for hydroxylation is 1. The van der Waals surface area contributed by atoms with E-state index >= 15 is 0 Å². The molecule has 2 rings (SSSR count). The first-order chi connectivity index (χ1) is 8.32. The second-order valence-corrected chi connectivity index (χ2v) is 6.53. The van der Waals surface area contributed by atoms with Crippen molar-refractivity contribution in [3.63, 3.8) is 0 Å². The van der Waals surface area contributed by atoms with Gasteiger partial charge in [-0.1, -0.05) is 0 Å². The van der Waals surface area contributed by atoms with E-state index < -0.39 is 15.6 Å². The van der Waals surface area contributed by atoms with Crippen molar-refractivity contribution in [2.45, 2.75) is 30.2 Å². The summed E-state index contributed by atoms with van der Waals surface area (Å²) in [5.41, 5.74) is 5.01. The minimum atomic E-state index is -3.67. The van der Waals surface area contributed by atoms with Crippen LogP contribution in [0, 0.1) is 0 Å². The third-order valence-electron chi connectivity index (χ3n) is 2.93. The predicted octanol–water partition coefficient (Wildman–Crippen LogP) is -0.150. The number of sulfonamides is 1. The van der Waals surface area contributed by atoms with Gasteiger partial charge in [-0.3, -0.25) is 4.68 Å². The maximum Gasteiger partial charge on any atom is 0.246 e. The number of nitrogens with zero attached hydrogens (tertiary/aromatic N) is 2. The van der Waals surface area contributed by atoms with Crippen molar-refractivity contribution in [2.75, 3.05) is 18.9 Å². The summed E-state index contributed by atoms with van der Waals surface area (Å²) < 4.78 is 33.8. The van der Waals surface area contributed by atoms with Crippen LogP contribution in [0.5, 0.6) is 0 Å². The van der Waals surface area contributed by atoms with Crippen LogP contribution in [0.15, 0.2) is 11.1 Å². The van der Waals surface area contributed by atoms with Gasteiger partial charge in [-0.15, -0.1) is 0 Å². The summed E-state index contributed by atoms with van der Waals surface area (Å²) >= 11 is 0. The molecule has 3 N–H and O–H groups in total. The van der Waals surface area contributed by atoms with Gasteiger partial charge in [0, 0.05) is 19.9 Å². The van der Waals surface area contributed by atoms with E-state index in [1.165, 1.54) is 10.9 Å². The molecule has 0 saturated carbocycles. The molecule has 18 heavy (non-hydrogen) atoms. The van der Waals surface area contributed by atoms with Gasteiger partial charge < -0.3 is 10.5 Å². The molecule has 8 heteroatoms. The van der Waals surface area contributed by atoms with Crippen molar-refractivity contribution in [1.82, 2.24) is 14.5 Å². The Morgan fingerprint density at radius 2 is 2.33 bits per heavy atom. The van der Waals surface area contributed by atoms with Crippen molar-refractivity contribution in [3.05, 3.63) is 6.20 Å². The van der Waals surface area contributed by atoms with Gasteiger partial charge in [-0.05, 0) is 19.8 Å². The summed E-state index contributed by atoms with van der Waals surface area (Å²) in [6.07, 6.45) is 2.97. The van der Waals surface area contributed by atoms with E-state index in [4.69, 9.17) is 10.5 Å². The Bertz CT molecular complexity index is 531. The number of hydrogen-bond acceptors (Lipinski definition) is 5. The van der Waals surface area contributed by atoms with Crippen LogP contribution in [-0.4, -0.2) is 37.0 Å². The SMILES string of the molecule is Cn1cc(S(=O)(=O)NC2(C)CCCOC2)c(N)n1. The van der Waals surface area contributed by atoms with E-state index in [1.54, 1.807) is 7.05 Å². The lowest BCUT2D eigenvalue weighted by atomic mass is 9.97. The Kier molecular flexibility index (Phi) is 3.35. The molecule has 7 nitrogen and oxygen atoms in total. The van der Waals surface area contributed by atoms with Crippen LogP contribution >= 0.6 is 0 Å². The highest BCUT2D eigenvalue weighted by Crippen LogP contribution is 2.23. The molecule has 0 radical (unpaired) electrons. The Hall–Kier alpha value is -1.12. The molecular formula is C10H18N4O3S. The van der Waals surface area contributed by atoms with E-state index in [0.29, 0.717) is 13.2 Å². The van der Waals surface area contributed by atoms with Crippen LogP contribution in [-0.2, 0) is 21.8 Å². The standard InChI is InChI=1S/C10H18N4O3S/c1-10(4-3-5-17-7-10)13-18(15,16)8-6-14(2)12-9(8)11/h6,13H,3-5,7H2,1-2H3,(H2,11,12). The zero-order valence-corrected chi connectivity index (χ0v) is 11.3. The Morgan fingerprint density at radius 3 is 2.83 bits per heavy atom. The highest BCUT2D eigenvalue weighted by molar-refractivity contribution is 7.89. The normalized spacial score (nSPS) is 25.2. The Labute approximate surface area is 106 Å². The number of hydrogen-bond donors (Lipinski definition) is 2. The highest BCUT2D eigenvalue weighted by Gasteiger charge is 2.34. The fraction of sp³-hybridized carbons (Fsp3) is 0.700. The molecule has 1 saturated heterocycles. The third-order valence-corrected chi connectivity index (χ3v) is 4.59. The van der Waals surface area contributed by atoms with Gasteiger partial charge in [-0.25, -0.2) is 13.1 Å². The number of rotatable bonds is 3. The van der Waals surface area contributed by atoms with Gasteiger partial charge >= 0.3 is 0 Å². The summed E-state index contributed by atoms with van der Waals surface area (Å²) in [5.74, 6) is 0.00493. The van der Waals surface area contributed by atoms with Crippen LogP contribution in [0.25, 0.3) is 0 Å². The minimum Gasteiger partial charge on any atom is -0.381 e. The molecule has 1 aromatic rings. The van der Waals surface area contributed by atoms with Gasteiger partial charge in [0.25, 0.3) is 0 Å². The van der Waals surface area contributed by atoms with E-state index in [-0.39, 0.29) is 10.7 Å². The molecule has 1 fully saturated rings. The lowest BCUT2D eigenvalue weighted by Crippen LogP contribution is -2.51. The molecule has 102 valence electrons. The zero-order valence-electron chi connectivity index (χ0n) is 10.5. The molecule has 2 heterocycles. The number of nitrogen functional groups attached to an aromatic ring is 1. The fourth-order valence-electron chi connectivity index (χ4n) is 2.08. The molecule has 1 aliphatic heterocycles. The third kappa shape index (κ3) is 2.65. The van der Waals surface area contributed by atoms with Crippen molar-refractivity contribution < 1.29 is 13.2 Å². The number of anilines is 1. The maximum absolute atomic E-state index is 12.2.